The first kappa shape index (κ1) is 15.5. The summed E-state index contributed by atoms with van der Waals surface area (Å²) in [4.78, 5) is 29.6. The highest BCUT2D eigenvalue weighted by molar-refractivity contribution is 7.12. The monoisotopic (exact) mass is 326 g/mol. The number of carbonyl (C=O) groups is 1. The van der Waals surface area contributed by atoms with Crippen LogP contribution in [0, 0.1) is 13.8 Å². The molecule has 1 atom stereocenters. The molecule has 3 aromatic rings. The van der Waals surface area contributed by atoms with E-state index < -0.39 is 0 Å². The lowest BCUT2D eigenvalue weighted by Gasteiger charge is -2.15. The summed E-state index contributed by atoms with van der Waals surface area (Å²) < 4.78 is 0. The first-order valence-electron chi connectivity index (χ1n) is 7.45. The second-order valence-electron chi connectivity index (χ2n) is 5.64. The predicted octanol–water partition coefficient (Wildman–Crippen LogP) is 3.70. The lowest BCUT2D eigenvalue weighted by Crippen LogP contribution is -2.27. The van der Waals surface area contributed by atoms with Crippen molar-refractivity contribution < 1.29 is 4.79 Å². The van der Waals surface area contributed by atoms with Gasteiger partial charge in [-0.2, -0.15) is 0 Å². The van der Waals surface area contributed by atoms with Gasteiger partial charge in [-0.15, -0.1) is 11.3 Å². The molecule has 0 saturated heterocycles. The van der Waals surface area contributed by atoms with Gasteiger partial charge in [-0.25, -0.2) is 0 Å². The molecule has 23 heavy (non-hydrogen) atoms. The number of rotatable bonds is 3. The fourth-order valence-electron chi connectivity index (χ4n) is 2.83. The highest BCUT2D eigenvalue weighted by Gasteiger charge is 2.17. The Morgan fingerprint density at radius 1 is 1.22 bits per heavy atom. The molecule has 2 N–H and O–H groups in total. The molecule has 4 nitrogen and oxygen atoms in total. The summed E-state index contributed by atoms with van der Waals surface area (Å²) in [7, 11) is 0. The molecule has 2 heterocycles. The quantitative estimate of drug-likeness (QED) is 0.771. The first-order chi connectivity index (χ1) is 11.0. The van der Waals surface area contributed by atoms with Crippen LogP contribution in [0.2, 0.25) is 0 Å². The van der Waals surface area contributed by atoms with Crippen LogP contribution in [0.4, 0.5) is 0 Å². The second-order valence-corrected chi connectivity index (χ2v) is 7.10. The van der Waals surface area contributed by atoms with Crippen molar-refractivity contribution in [2.45, 2.75) is 26.8 Å². The number of fused-ring (bicyclic) bond motifs is 1. The average molecular weight is 326 g/mol. The molecule has 1 unspecified atom stereocenters. The molecule has 0 spiro atoms. The van der Waals surface area contributed by atoms with Gasteiger partial charge in [0, 0.05) is 26.7 Å². The van der Waals surface area contributed by atoms with E-state index in [9.17, 15) is 9.59 Å². The molecule has 3 rings (SSSR count). The van der Waals surface area contributed by atoms with Crippen LogP contribution >= 0.6 is 11.3 Å². The van der Waals surface area contributed by atoms with Crippen LogP contribution in [-0.4, -0.2) is 10.9 Å². The largest absolute Gasteiger partial charge is 0.345 e. The number of pyridine rings is 1. The maximum Gasteiger partial charge on any atom is 0.255 e. The Hall–Kier alpha value is -2.40. The molecule has 0 bridgehead atoms. The molecule has 0 aliphatic carbocycles. The van der Waals surface area contributed by atoms with Crippen molar-refractivity contribution >= 4 is 28.0 Å². The summed E-state index contributed by atoms with van der Waals surface area (Å²) in [5.74, 6) is -0.187. The molecule has 0 radical (unpaired) electrons. The van der Waals surface area contributed by atoms with Crippen molar-refractivity contribution in [3.63, 3.8) is 0 Å². The van der Waals surface area contributed by atoms with E-state index in [4.69, 9.17) is 0 Å². The highest BCUT2D eigenvalue weighted by Crippen LogP contribution is 2.26. The van der Waals surface area contributed by atoms with Crippen LogP contribution < -0.4 is 10.9 Å². The molecule has 1 aromatic carbocycles. The van der Waals surface area contributed by atoms with Gasteiger partial charge in [-0.05, 0) is 38.5 Å². The number of hydrogen-bond acceptors (Lipinski definition) is 3. The van der Waals surface area contributed by atoms with E-state index in [1.807, 2.05) is 13.0 Å². The standard InChI is InChI=1S/C18H18N2O2S/c1-10-8-15(12(3)23-10)11(2)20-18(22)16-9-19-17(21)14-7-5-4-6-13(14)16/h4-9,11H,1-3H3,(H,19,21)(H,20,22). The predicted molar refractivity (Wildman–Crippen MR) is 94.2 cm³/mol. The number of H-pyrrole nitrogens is 1. The number of carbonyl (C=O) groups excluding carboxylic acids is 1. The minimum Gasteiger partial charge on any atom is -0.345 e. The summed E-state index contributed by atoms with van der Waals surface area (Å²) in [5.41, 5.74) is 1.43. The summed E-state index contributed by atoms with van der Waals surface area (Å²) >= 11 is 1.73. The summed E-state index contributed by atoms with van der Waals surface area (Å²) in [6.45, 7) is 6.09. The zero-order chi connectivity index (χ0) is 16.6. The smallest absolute Gasteiger partial charge is 0.255 e. The highest BCUT2D eigenvalue weighted by atomic mass is 32.1. The van der Waals surface area contributed by atoms with E-state index in [-0.39, 0.29) is 17.5 Å². The molecular formula is C18H18N2O2S. The van der Waals surface area contributed by atoms with Gasteiger partial charge in [-0.1, -0.05) is 18.2 Å². The fraction of sp³-hybridized carbons (Fsp3) is 0.222. The number of aryl methyl sites for hydroxylation is 2. The van der Waals surface area contributed by atoms with Crippen molar-refractivity contribution in [3.05, 3.63) is 67.8 Å². The Balaban J connectivity index is 1.94. The number of amides is 1. The average Bonchev–Trinajstić information content (AvgIpc) is 2.86. The topological polar surface area (TPSA) is 62.0 Å². The summed E-state index contributed by atoms with van der Waals surface area (Å²) in [5, 5.41) is 4.21. The molecular weight excluding hydrogens is 308 g/mol. The molecule has 118 valence electrons. The minimum atomic E-state index is -0.187. The third-order valence-electron chi connectivity index (χ3n) is 3.95. The van der Waals surface area contributed by atoms with E-state index >= 15 is 0 Å². The van der Waals surface area contributed by atoms with Crippen LogP contribution in [-0.2, 0) is 0 Å². The molecule has 0 saturated carbocycles. The van der Waals surface area contributed by atoms with Crippen molar-refractivity contribution in [1.82, 2.24) is 10.3 Å². The molecule has 2 aromatic heterocycles. The van der Waals surface area contributed by atoms with Gasteiger partial charge in [0.15, 0.2) is 0 Å². The van der Waals surface area contributed by atoms with Crippen molar-refractivity contribution in [3.8, 4) is 0 Å². The number of thiophene rings is 1. The second kappa shape index (κ2) is 6.01. The van der Waals surface area contributed by atoms with Gasteiger partial charge in [0.1, 0.15) is 0 Å². The number of aromatic amines is 1. The Morgan fingerprint density at radius 2 is 1.91 bits per heavy atom. The van der Waals surface area contributed by atoms with Gasteiger partial charge in [0.25, 0.3) is 11.5 Å². The van der Waals surface area contributed by atoms with E-state index in [2.05, 4.69) is 30.2 Å². The van der Waals surface area contributed by atoms with E-state index in [0.29, 0.717) is 16.3 Å². The van der Waals surface area contributed by atoms with Gasteiger partial charge in [0.2, 0.25) is 0 Å². The Morgan fingerprint density at radius 3 is 2.57 bits per heavy atom. The molecule has 5 heteroatoms. The van der Waals surface area contributed by atoms with Crippen molar-refractivity contribution in [2.75, 3.05) is 0 Å². The van der Waals surface area contributed by atoms with Crippen LogP contribution in [0.5, 0.6) is 0 Å². The Labute approximate surface area is 138 Å². The Kier molecular flexibility index (Phi) is 4.05. The number of hydrogen-bond donors (Lipinski definition) is 2. The maximum atomic E-state index is 12.6. The van der Waals surface area contributed by atoms with Gasteiger partial charge < -0.3 is 10.3 Å². The number of benzene rings is 1. The van der Waals surface area contributed by atoms with Crippen LogP contribution in [0.3, 0.4) is 0 Å². The number of nitrogens with one attached hydrogen (secondary N) is 2. The molecule has 0 fully saturated rings. The summed E-state index contributed by atoms with van der Waals surface area (Å²) in [6, 6.07) is 9.16. The lowest BCUT2D eigenvalue weighted by molar-refractivity contribution is 0.0941. The zero-order valence-electron chi connectivity index (χ0n) is 13.3. The number of aromatic nitrogens is 1. The van der Waals surface area contributed by atoms with E-state index in [1.165, 1.54) is 16.0 Å². The van der Waals surface area contributed by atoms with Crippen molar-refractivity contribution in [1.29, 1.82) is 0 Å². The fourth-order valence-corrected chi connectivity index (χ4v) is 3.85. The Bertz CT molecular complexity index is 940. The van der Waals surface area contributed by atoms with Gasteiger partial charge in [-0.3, -0.25) is 9.59 Å². The SMILES string of the molecule is Cc1cc(C(C)NC(=O)c2c[nH]c(=O)c3ccccc23)c(C)s1. The van der Waals surface area contributed by atoms with E-state index in [0.717, 1.165) is 5.56 Å². The van der Waals surface area contributed by atoms with Crippen LogP contribution in [0.15, 0.2) is 41.3 Å². The molecule has 1 amide bonds. The zero-order valence-corrected chi connectivity index (χ0v) is 14.1. The van der Waals surface area contributed by atoms with Crippen LogP contribution in [0.1, 0.15) is 38.6 Å². The maximum absolute atomic E-state index is 12.6. The van der Waals surface area contributed by atoms with Crippen LogP contribution in [0.25, 0.3) is 10.8 Å². The van der Waals surface area contributed by atoms with E-state index in [1.54, 1.807) is 29.5 Å². The normalized spacial score (nSPS) is 12.3. The summed E-state index contributed by atoms with van der Waals surface area (Å²) in [6.07, 6.45) is 1.48. The molecule has 0 aliphatic heterocycles. The third-order valence-corrected chi connectivity index (χ3v) is 4.93. The van der Waals surface area contributed by atoms with Gasteiger partial charge >= 0.3 is 0 Å². The lowest BCUT2D eigenvalue weighted by atomic mass is 10.1. The third kappa shape index (κ3) is 2.92. The minimum absolute atomic E-state index is 0.0851. The van der Waals surface area contributed by atoms with Crippen molar-refractivity contribution in [2.24, 2.45) is 0 Å². The molecule has 0 aliphatic rings. The van der Waals surface area contributed by atoms with Gasteiger partial charge in [0.05, 0.1) is 11.6 Å². The first-order valence-corrected chi connectivity index (χ1v) is 8.27.